The van der Waals surface area contributed by atoms with E-state index >= 15 is 0 Å². The van der Waals surface area contributed by atoms with Gasteiger partial charge in [0, 0.05) is 28.5 Å². The number of halogens is 2. The minimum Gasteiger partial charge on any atom is -0.397 e. The SMILES string of the molecule is Nc1cncc(-c2ccc(Cl)cc2F)c1. The highest BCUT2D eigenvalue weighted by Crippen LogP contribution is 2.25. The van der Waals surface area contributed by atoms with Crippen LogP contribution in [0.25, 0.3) is 11.1 Å². The molecule has 76 valence electrons. The number of hydrogen-bond acceptors (Lipinski definition) is 2. The Morgan fingerprint density at radius 1 is 1.20 bits per heavy atom. The second-order valence-corrected chi connectivity index (χ2v) is 3.57. The van der Waals surface area contributed by atoms with E-state index in [1.807, 2.05) is 0 Å². The number of nitrogens with zero attached hydrogens (tertiary/aromatic N) is 1. The lowest BCUT2D eigenvalue weighted by atomic mass is 10.1. The molecule has 0 aliphatic rings. The lowest BCUT2D eigenvalue weighted by Gasteiger charge is -2.03. The molecule has 0 saturated heterocycles. The van der Waals surface area contributed by atoms with Gasteiger partial charge in [-0.1, -0.05) is 11.6 Å². The van der Waals surface area contributed by atoms with Gasteiger partial charge >= 0.3 is 0 Å². The van der Waals surface area contributed by atoms with Crippen LogP contribution in [-0.2, 0) is 0 Å². The number of rotatable bonds is 1. The number of anilines is 1. The number of benzene rings is 1. The number of hydrogen-bond donors (Lipinski definition) is 1. The summed E-state index contributed by atoms with van der Waals surface area (Å²) >= 11 is 5.66. The number of pyridine rings is 1. The minimum atomic E-state index is -0.380. The van der Waals surface area contributed by atoms with Crippen LogP contribution in [-0.4, -0.2) is 4.98 Å². The molecule has 0 unspecified atom stereocenters. The van der Waals surface area contributed by atoms with Crippen molar-refractivity contribution in [1.82, 2.24) is 4.98 Å². The first kappa shape index (κ1) is 9.93. The van der Waals surface area contributed by atoms with Crippen molar-refractivity contribution in [2.24, 2.45) is 0 Å². The quantitative estimate of drug-likeness (QED) is 0.805. The fraction of sp³-hybridized carbons (Fsp3) is 0. The molecule has 0 bridgehead atoms. The molecule has 1 aromatic carbocycles. The molecule has 0 atom stereocenters. The zero-order valence-electron chi connectivity index (χ0n) is 7.74. The van der Waals surface area contributed by atoms with E-state index in [2.05, 4.69) is 4.98 Å². The molecule has 0 aliphatic heterocycles. The molecule has 4 heteroatoms. The summed E-state index contributed by atoms with van der Waals surface area (Å²) in [7, 11) is 0. The van der Waals surface area contributed by atoms with E-state index in [0.717, 1.165) is 0 Å². The van der Waals surface area contributed by atoms with E-state index < -0.39 is 0 Å². The summed E-state index contributed by atoms with van der Waals surface area (Å²) < 4.78 is 13.5. The molecule has 0 aliphatic carbocycles. The number of nitrogen functional groups attached to an aromatic ring is 1. The normalized spacial score (nSPS) is 10.3. The van der Waals surface area contributed by atoms with E-state index in [-0.39, 0.29) is 5.82 Å². The Bertz CT molecular complexity index is 500. The van der Waals surface area contributed by atoms with E-state index in [1.54, 1.807) is 24.4 Å². The largest absolute Gasteiger partial charge is 0.397 e. The lowest BCUT2D eigenvalue weighted by Crippen LogP contribution is -1.89. The molecule has 2 rings (SSSR count). The maximum atomic E-state index is 13.5. The molecule has 2 nitrogen and oxygen atoms in total. The summed E-state index contributed by atoms with van der Waals surface area (Å²) in [6, 6.07) is 6.16. The van der Waals surface area contributed by atoms with Gasteiger partial charge < -0.3 is 5.73 Å². The molecule has 0 spiro atoms. The highest BCUT2D eigenvalue weighted by atomic mass is 35.5. The van der Waals surface area contributed by atoms with Gasteiger partial charge in [0.1, 0.15) is 5.82 Å². The molecule has 0 amide bonds. The molecule has 0 fully saturated rings. The maximum Gasteiger partial charge on any atom is 0.132 e. The van der Waals surface area contributed by atoms with Gasteiger partial charge in [-0.25, -0.2) is 4.39 Å². The fourth-order valence-electron chi connectivity index (χ4n) is 1.33. The summed E-state index contributed by atoms with van der Waals surface area (Å²) in [4.78, 5) is 3.90. The molecule has 0 saturated carbocycles. The van der Waals surface area contributed by atoms with Crippen LogP contribution in [0.3, 0.4) is 0 Å². The second kappa shape index (κ2) is 3.87. The third-order valence-electron chi connectivity index (χ3n) is 2.00. The first-order valence-corrected chi connectivity index (χ1v) is 4.70. The molecule has 2 aromatic rings. The van der Waals surface area contributed by atoms with Crippen LogP contribution in [0, 0.1) is 5.82 Å². The third kappa shape index (κ3) is 2.07. The summed E-state index contributed by atoms with van der Waals surface area (Å²) in [5.41, 5.74) is 7.15. The van der Waals surface area contributed by atoms with Crippen molar-refractivity contribution in [3.05, 3.63) is 47.5 Å². The van der Waals surface area contributed by atoms with Crippen LogP contribution in [0.4, 0.5) is 10.1 Å². The molecule has 15 heavy (non-hydrogen) atoms. The third-order valence-corrected chi connectivity index (χ3v) is 2.24. The van der Waals surface area contributed by atoms with Crippen LogP contribution < -0.4 is 5.73 Å². The smallest absolute Gasteiger partial charge is 0.132 e. The summed E-state index contributed by atoms with van der Waals surface area (Å²) in [5.74, 6) is -0.380. The van der Waals surface area contributed by atoms with Crippen LogP contribution in [0.15, 0.2) is 36.7 Å². The highest BCUT2D eigenvalue weighted by Gasteiger charge is 2.05. The Morgan fingerprint density at radius 3 is 2.67 bits per heavy atom. The molecule has 2 N–H and O–H groups in total. The molecule has 1 heterocycles. The van der Waals surface area contributed by atoms with Crippen molar-refractivity contribution in [3.63, 3.8) is 0 Å². The van der Waals surface area contributed by atoms with Gasteiger partial charge in [0.05, 0.1) is 5.69 Å². The summed E-state index contributed by atoms with van der Waals surface area (Å²) in [6.07, 6.45) is 3.07. The Balaban J connectivity index is 2.54. The van der Waals surface area contributed by atoms with Gasteiger partial charge in [-0.15, -0.1) is 0 Å². The Kier molecular flexibility index (Phi) is 2.56. The molecular weight excluding hydrogens is 215 g/mol. The van der Waals surface area contributed by atoms with Crippen molar-refractivity contribution >= 4 is 17.3 Å². The van der Waals surface area contributed by atoms with Gasteiger partial charge in [0.25, 0.3) is 0 Å². The van der Waals surface area contributed by atoms with Crippen LogP contribution in [0.1, 0.15) is 0 Å². The Morgan fingerprint density at radius 2 is 2.00 bits per heavy atom. The lowest BCUT2D eigenvalue weighted by molar-refractivity contribution is 0.631. The standard InChI is InChI=1S/C11H8ClFN2/c12-8-1-2-10(11(13)4-8)7-3-9(14)6-15-5-7/h1-6H,14H2. The summed E-state index contributed by atoms with van der Waals surface area (Å²) in [6.45, 7) is 0. The topological polar surface area (TPSA) is 38.9 Å². The maximum absolute atomic E-state index is 13.5. The number of aromatic nitrogens is 1. The minimum absolute atomic E-state index is 0.369. The van der Waals surface area contributed by atoms with Crippen molar-refractivity contribution in [2.45, 2.75) is 0 Å². The Hall–Kier alpha value is -1.61. The van der Waals surface area contributed by atoms with Gasteiger partial charge in [-0.2, -0.15) is 0 Å². The van der Waals surface area contributed by atoms with Gasteiger partial charge in [0.15, 0.2) is 0 Å². The van der Waals surface area contributed by atoms with E-state index in [4.69, 9.17) is 17.3 Å². The Labute approximate surface area is 91.5 Å². The average Bonchev–Trinajstić information content (AvgIpc) is 2.17. The van der Waals surface area contributed by atoms with Crippen molar-refractivity contribution in [1.29, 1.82) is 0 Å². The highest BCUT2D eigenvalue weighted by molar-refractivity contribution is 6.30. The first-order valence-electron chi connectivity index (χ1n) is 4.33. The average molecular weight is 223 g/mol. The van der Waals surface area contributed by atoms with Crippen LogP contribution in [0.2, 0.25) is 5.02 Å². The summed E-state index contributed by atoms with van der Waals surface area (Å²) in [5, 5.41) is 0.369. The van der Waals surface area contributed by atoms with Gasteiger partial charge in [-0.05, 0) is 24.3 Å². The predicted molar refractivity (Wildman–Crippen MR) is 59.1 cm³/mol. The van der Waals surface area contributed by atoms with Crippen molar-refractivity contribution < 1.29 is 4.39 Å². The second-order valence-electron chi connectivity index (χ2n) is 3.13. The zero-order valence-corrected chi connectivity index (χ0v) is 8.50. The zero-order chi connectivity index (χ0) is 10.8. The van der Waals surface area contributed by atoms with Crippen LogP contribution >= 0.6 is 11.6 Å². The molecule has 0 radical (unpaired) electrons. The van der Waals surface area contributed by atoms with Gasteiger partial charge in [0.2, 0.25) is 0 Å². The molecule has 1 aromatic heterocycles. The van der Waals surface area contributed by atoms with E-state index in [0.29, 0.717) is 21.8 Å². The van der Waals surface area contributed by atoms with Gasteiger partial charge in [-0.3, -0.25) is 4.98 Å². The molecular formula is C11H8ClFN2. The van der Waals surface area contributed by atoms with E-state index in [9.17, 15) is 4.39 Å². The fourth-order valence-corrected chi connectivity index (χ4v) is 1.49. The van der Waals surface area contributed by atoms with Crippen LogP contribution in [0.5, 0.6) is 0 Å². The first-order chi connectivity index (χ1) is 7.16. The predicted octanol–water partition coefficient (Wildman–Crippen LogP) is 3.12. The van der Waals surface area contributed by atoms with Crippen molar-refractivity contribution in [3.8, 4) is 11.1 Å². The van der Waals surface area contributed by atoms with Crippen molar-refractivity contribution in [2.75, 3.05) is 5.73 Å². The monoisotopic (exact) mass is 222 g/mol. The number of nitrogens with two attached hydrogens (primary N) is 1. The van der Waals surface area contributed by atoms with E-state index in [1.165, 1.54) is 12.3 Å².